The quantitative estimate of drug-likeness (QED) is 0.301. The van der Waals surface area contributed by atoms with Gasteiger partial charge in [0.2, 0.25) is 0 Å². The Morgan fingerprint density at radius 3 is 1.47 bits per heavy atom. The zero-order valence-electron chi connectivity index (χ0n) is 10.3. The maximum absolute atomic E-state index is 10.2. The molecule has 0 unspecified atom stereocenters. The number of hydrogen-bond donors (Lipinski definition) is 2. The van der Waals surface area contributed by atoms with Gasteiger partial charge in [-0.25, -0.2) is 0 Å². The summed E-state index contributed by atoms with van der Waals surface area (Å²) in [6.45, 7) is 0.920. The largest absolute Gasteiger partial charge is 1.00 e. The maximum Gasteiger partial charge on any atom is 1.00 e. The summed E-state index contributed by atoms with van der Waals surface area (Å²) in [7, 11) is -10.2. The first-order valence-corrected chi connectivity index (χ1v) is 5.37. The van der Waals surface area contributed by atoms with Crippen molar-refractivity contribution < 1.29 is 92.7 Å². The summed E-state index contributed by atoms with van der Waals surface area (Å²) in [5, 5.41) is 0. The predicted octanol–water partition coefficient (Wildman–Crippen LogP) is -6.50. The second kappa shape index (κ2) is 10.00. The van der Waals surface area contributed by atoms with E-state index in [-0.39, 0.29) is 81.0 Å². The predicted molar refractivity (Wildman–Crippen MR) is 46.0 cm³/mol. The Kier molecular flexibility index (Phi) is 17.2. The number of halogens is 1. The first-order chi connectivity index (χ1) is 5.19. The van der Waals surface area contributed by atoms with E-state index >= 15 is 0 Å². The molecule has 15 heavy (non-hydrogen) atoms. The van der Waals surface area contributed by atoms with Gasteiger partial charge in [-0.1, -0.05) is 0 Å². The molecule has 2 N–H and O–H groups in total. The van der Waals surface area contributed by atoms with E-state index in [2.05, 4.69) is 4.84 Å². The second-order valence-corrected chi connectivity index (χ2v) is 4.22. The van der Waals surface area contributed by atoms with E-state index in [9.17, 15) is 16.8 Å². The summed E-state index contributed by atoms with van der Waals surface area (Å²) in [6.07, 6.45) is 0. The van der Waals surface area contributed by atoms with E-state index in [0.717, 1.165) is 0 Å². The van der Waals surface area contributed by atoms with Crippen LogP contribution in [0, 0.1) is 0 Å². The third-order valence-corrected chi connectivity index (χ3v) is 2.71. The smallest absolute Gasteiger partial charge is 1.00 e. The topological polar surface area (TPSA) is 121 Å². The third kappa shape index (κ3) is 10.9. The van der Waals surface area contributed by atoms with E-state index in [1.807, 2.05) is 0 Å². The number of rotatable bonds is 4. The zero-order chi connectivity index (χ0) is 9.99. The van der Waals surface area contributed by atoms with Crippen molar-refractivity contribution in [2.24, 2.45) is 0 Å². The first kappa shape index (κ1) is 25.8. The number of nitrogens with zero attached hydrogens (tertiary/aromatic N) is 1. The summed E-state index contributed by atoms with van der Waals surface area (Å²) in [5.41, 5.74) is 0. The second-order valence-electron chi connectivity index (χ2n) is 1.54. The van der Waals surface area contributed by atoms with Crippen LogP contribution in [-0.2, 0) is 25.4 Å². The molecular weight excluding hydrogens is 296 g/mol. The fraction of sp³-hybridized carbons (Fsp3) is 1.00. The molecule has 0 aliphatic carbocycles. The monoisotopic (exact) mass is 305 g/mol. The van der Waals surface area contributed by atoms with Crippen LogP contribution < -0.4 is 59.1 Å². The zero-order valence-corrected chi connectivity index (χ0v) is 14.8. The van der Waals surface area contributed by atoms with E-state index in [1.165, 1.54) is 6.92 Å². The molecule has 0 radical (unpaired) electrons. The van der Waals surface area contributed by atoms with E-state index in [4.69, 9.17) is 9.11 Å². The van der Waals surface area contributed by atoms with E-state index < -0.39 is 24.5 Å². The van der Waals surface area contributed by atoms with E-state index in [0.29, 0.717) is 0 Å². The van der Waals surface area contributed by atoms with Crippen molar-refractivity contribution in [2.45, 2.75) is 6.92 Å². The van der Waals surface area contributed by atoms with Crippen molar-refractivity contribution in [2.75, 3.05) is 6.61 Å². The Morgan fingerprint density at radius 1 is 1.13 bits per heavy atom. The maximum atomic E-state index is 10.2. The molecule has 0 bridgehead atoms. The Labute approximate surface area is 141 Å². The van der Waals surface area contributed by atoms with Crippen LogP contribution >= 0.6 is 12.4 Å². The van der Waals surface area contributed by atoms with Gasteiger partial charge in [-0.05, 0) is 6.92 Å². The molecular formula is C2H10ClNNa2O7S2. The molecule has 86 valence electrons. The molecule has 0 rings (SSSR count). The molecule has 8 nitrogen and oxygen atoms in total. The standard InChI is InChI=1S/C2H7NO7S2.ClH.2Na.2H/c1-2-10-3(11(4,5)6)12(7,8)9;;;;;/h2H2,1H3,(H,4,5,6)(H,7,8,9);1H;;;;/q;;2*+1;2*-1. The van der Waals surface area contributed by atoms with Crippen LogP contribution in [-0.4, -0.2) is 36.4 Å². The molecule has 0 saturated carbocycles. The normalized spacial score (nSPS) is 10.9. The van der Waals surface area contributed by atoms with Crippen molar-refractivity contribution in [3.63, 3.8) is 0 Å². The molecule has 0 aromatic heterocycles. The molecule has 0 saturated heterocycles. The average Bonchev–Trinajstić information content (AvgIpc) is 1.77. The Hall–Kier alpha value is 2.03. The van der Waals surface area contributed by atoms with Crippen LogP contribution in [0.1, 0.15) is 9.78 Å². The van der Waals surface area contributed by atoms with E-state index in [1.54, 1.807) is 0 Å². The third-order valence-electron chi connectivity index (χ3n) is 0.611. The van der Waals surface area contributed by atoms with Crippen molar-refractivity contribution in [3.05, 3.63) is 0 Å². The summed E-state index contributed by atoms with van der Waals surface area (Å²) in [5.74, 6) is 0. The van der Waals surface area contributed by atoms with Crippen LogP contribution in [0.4, 0.5) is 0 Å². The van der Waals surface area contributed by atoms with Gasteiger partial charge in [0.05, 0.1) is 10.5 Å². The van der Waals surface area contributed by atoms with Gasteiger partial charge < -0.3 is 2.85 Å². The molecule has 0 aromatic rings. The SMILES string of the molecule is CCON(S(=O)(=O)O)S(=O)(=O)O.Cl.[H-].[H-].[Na+].[Na+]. The van der Waals surface area contributed by atoms with Gasteiger partial charge in [0, 0.05) is 0 Å². The molecule has 0 atom stereocenters. The fourth-order valence-electron chi connectivity index (χ4n) is 0.358. The minimum Gasteiger partial charge on any atom is -1.00 e. The number of hydrogen-bond acceptors (Lipinski definition) is 5. The fourth-order valence-corrected chi connectivity index (χ4v) is 1.79. The molecule has 0 aliphatic heterocycles. The van der Waals surface area contributed by atoms with Gasteiger partial charge in [0.15, 0.2) is 0 Å². The van der Waals surface area contributed by atoms with Crippen LogP contribution in [0.3, 0.4) is 0 Å². The van der Waals surface area contributed by atoms with Gasteiger partial charge in [-0.2, -0.15) is 16.8 Å². The summed E-state index contributed by atoms with van der Waals surface area (Å²) < 4.78 is 56.2. The summed E-state index contributed by atoms with van der Waals surface area (Å²) >= 11 is 0. The summed E-state index contributed by atoms with van der Waals surface area (Å²) in [6, 6.07) is 0. The van der Waals surface area contributed by atoms with Gasteiger partial charge in [0.1, 0.15) is 0 Å². The Morgan fingerprint density at radius 2 is 1.40 bits per heavy atom. The Bertz CT molecular complexity index is 317. The molecule has 0 amide bonds. The van der Waals surface area contributed by atoms with Crippen LogP contribution in [0.2, 0.25) is 0 Å². The molecule has 0 aliphatic rings. The van der Waals surface area contributed by atoms with Gasteiger partial charge in [0.25, 0.3) is 0 Å². The van der Waals surface area contributed by atoms with Gasteiger partial charge in [-0.15, -0.1) is 12.4 Å². The van der Waals surface area contributed by atoms with Crippen molar-refractivity contribution in [3.8, 4) is 0 Å². The summed E-state index contributed by atoms with van der Waals surface area (Å²) in [4.78, 5) is 3.93. The molecule has 0 heterocycles. The van der Waals surface area contributed by atoms with Gasteiger partial charge >= 0.3 is 79.7 Å². The first-order valence-electron chi connectivity index (χ1n) is 2.58. The van der Waals surface area contributed by atoms with Crippen LogP contribution in [0.5, 0.6) is 0 Å². The van der Waals surface area contributed by atoms with Crippen molar-refractivity contribution >= 4 is 33.0 Å². The van der Waals surface area contributed by atoms with Crippen LogP contribution in [0.25, 0.3) is 0 Å². The van der Waals surface area contributed by atoms with Crippen LogP contribution in [0.15, 0.2) is 0 Å². The minimum absolute atomic E-state index is 0. The van der Waals surface area contributed by atoms with Crippen molar-refractivity contribution in [1.29, 1.82) is 0 Å². The average molecular weight is 306 g/mol. The molecule has 0 aromatic carbocycles. The Balaban J connectivity index is -0.0000000605. The molecule has 0 fully saturated rings. The minimum atomic E-state index is -5.11. The molecule has 0 spiro atoms. The van der Waals surface area contributed by atoms with Gasteiger partial charge in [-0.3, -0.25) is 13.9 Å². The van der Waals surface area contributed by atoms with Crippen molar-refractivity contribution in [1.82, 2.24) is 3.87 Å². The molecule has 13 heteroatoms.